The number of aryl methyl sites for hydroxylation is 1. The van der Waals surface area contributed by atoms with Crippen molar-refractivity contribution in [2.75, 3.05) is 7.11 Å². The van der Waals surface area contributed by atoms with Gasteiger partial charge in [0.25, 0.3) is 5.91 Å². The van der Waals surface area contributed by atoms with Crippen LogP contribution in [0.15, 0.2) is 6.20 Å². The van der Waals surface area contributed by atoms with Crippen LogP contribution in [0, 0.1) is 0 Å². The second kappa shape index (κ2) is 3.82. The number of hydrogen-bond donors (Lipinski definition) is 1. The maximum absolute atomic E-state index is 11.0. The van der Waals surface area contributed by atoms with Gasteiger partial charge in [-0.25, -0.2) is 5.48 Å². The molecule has 0 fully saturated rings. The summed E-state index contributed by atoms with van der Waals surface area (Å²) in [5.41, 5.74) is 2.39. The first kappa shape index (κ1) is 8.66. The summed E-state index contributed by atoms with van der Waals surface area (Å²) in [5.74, 6) is -0.391. The number of hydroxylamine groups is 1. The van der Waals surface area contributed by atoms with Crippen molar-refractivity contribution in [3.63, 3.8) is 0 Å². The quantitative estimate of drug-likeness (QED) is 0.626. The maximum atomic E-state index is 11.0. The standard InChI is InChI=1S/C6H10N4O2/c1-3-10-7-4-5(8-10)6(11)9-12-2/h4H,3H2,1-2H3,(H,9,11). The van der Waals surface area contributed by atoms with E-state index in [4.69, 9.17) is 0 Å². The maximum Gasteiger partial charge on any atom is 0.296 e. The smallest absolute Gasteiger partial charge is 0.277 e. The van der Waals surface area contributed by atoms with Crippen molar-refractivity contribution < 1.29 is 9.63 Å². The Kier molecular flexibility index (Phi) is 2.76. The van der Waals surface area contributed by atoms with Crippen LogP contribution in [0.5, 0.6) is 0 Å². The average molecular weight is 170 g/mol. The third kappa shape index (κ3) is 1.79. The highest BCUT2D eigenvalue weighted by molar-refractivity contribution is 5.90. The zero-order valence-corrected chi connectivity index (χ0v) is 6.94. The van der Waals surface area contributed by atoms with Crippen LogP contribution in [0.2, 0.25) is 0 Å². The van der Waals surface area contributed by atoms with Crippen LogP contribution < -0.4 is 5.48 Å². The number of carbonyl (C=O) groups excluding carboxylic acids is 1. The van der Waals surface area contributed by atoms with E-state index in [0.29, 0.717) is 6.54 Å². The molecule has 0 saturated carbocycles. The van der Waals surface area contributed by atoms with Crippen molar-refractivity contribution >= 4 is 5.91 Å². The highest BCUT2D eigenvalue weighted by atomic mass is 16.6. The lowest BCUT2D eigenvalue weighted by molar-refractivity contribution is 0.0531. The van der Waals surface area contributed by atoms with Gasteiger partial charge in [0.2, 0.25) is 0 Å². The minimum absolute atomic E-state index is 0.249. The fourth-order valence-corrected chi connectivity index (χ4v) is 0.699. The van der Waals surface area contributed by atoms with Crippen LogP contribution in [0.25, 0.3) is 0 Å². The lowest BCUT2D eigenvalue weighted by atomic mass is 10.5. The molecule has 0 aromatic carbocycles. The number of carbonyl (C=O) groups is 1. The third-order valence-corrected chi connectivity index (χ3v) is 1.25. The Hall–Kier alpha value is -1.43. The molecule has 1 aromatic heterocycles. The molecule has 1 heterocycles. The van der Waals surface area contributed by atoms with Crippen LogP contribution in [0.4, 0.5) is 0 Å². The van der Waals surface area contributed by atoms with Crippen molar-refractivity contribution in [3.8, 4) is 0 Å². The molecule has 1 amide bonds. The Morgan fingerprint density at radius 3 is 3.08 bits per heavy atom. The summed E-state index contributed by atoms with van der Waals surface area (Å²) in [6, 6.07) is 0. The molecule has 6 heteroatoms. The Morgan fingerprint density at radius 1 is 1.83 bits per heavy atom. The van der Waals surface area contributed by atoms with Crippen molar-refractivity contribution in [3.05, 3.63) is 11.9 Å². The molecule has 0 aliphatic carbocycles. The molecule has 6 nitrogen and oxygen atoms in total. The monoisotopic (exact) mass is 170 g/mol. The van der Waals surface area contributed by atoms with Gasteiger partial charge >= 0.3 is 0 Å². The molecule has 0 saturated heterocycles. The fourth-order valence-electron chi connectivity index (χ4n) is 0.699. The molecule has 0 spiro atoms. The van der Waals surface area contributed by atoms with Crippen molar-refractivity contribution in [2.24, 2.45) is 0 Å². The van der Waals surface area contributed by atoms with E-state index in [2.05, 4.69) is 20.5 Å². The highest BCUT2D eigenvalue weighted by Gasteiger charge is 2.08. The van der Waals surface area contributed by atoms with E-state index >= 15 is 0 Å². The second-order valence-corrected chi connectivity index (χ2v) is 2.05. The number of hydrogen-bond acceptors (Lipinski definition) is 4. The lowest BCUT2D eigenvalue weighted by Crippen LogP contribution is -2.22. The Bertz CT molecular complexity index is 270. The van der Waals surface area contributed by atoms with Crippen LogP contribution in [0.1, 0.15) is 17.4 Å². The molecule has 0 radical (unpaired) electrons. The molecule has 1 rings (SSSR count). The largest absolute Gasteiger partial charge is 0.296 e. The topological polar surface area (TPSA) is 69.0 Å². The summed E-state index contributed by atoms with van der Waals surface area (Å²) in [7, 11) is 1.36. The van der Waals surface area contributed by atoms with Gasteiger partial charge < -0.3 is 0 Å². The minimum Gasteiger partial charge on any atom is -0.277 e. The van der Waals surface area contributed by atoms with E-state index in [0.717, 1.165) is 0 Å². The van der Waals surface area contributed by atoms with Gasteiger partial charge in [0, 0.05) is 0 Å². The molecule has 0 unspecified atom stereocenters. The molecular formula is C6H10N4O2. The van der Waals surface area contributed by atoms with E-state index in [1.807, 2.05) is 6.92 Å². The Balaban J connectivity index is 2.68. The van der Waals surface area contributed by atoms with Crippen LogP contribution >= 0.6 is 0 Å². The highest BCUT2D eigenvalue weighted by Crippen LogP contribution is 1.90. The molecule has 1 N–H and O–H groups in total. The first-order valence-electron chi connectivity index (χ1n) is 3.51. The third-order valence-electron chi connectivity index (χ3n) is 1.25. The van der Waals surface area contributed by atoms with E-state index < -0.39 is 5.91 Å². The SMILES string of the molecule is CCn1ncc(C(=O)NOC)n1. The predicted octanol–water partition coefficient (Wildman–Crippen LogP) is -0.411. The van der Waals surface area contributed by atoms with Gasteiger partial charge in [0.1, 0.15) is 0 Å². The average Bonchev–Trinajstić information content (AvgIpc) is 2.52. The number of nitrogens with one attached hydrogen (secondary N) is 1. The van der Waals surface area contributed by atoms with Crippen LogP contribution in [0.3, 0.4) is 0 Å². The van der Waals surface area contributed by atoms with Gasteiger partial charge in [-0.2, -0.15) is 9.90 Å². The summed E-state index contributed by atoms with van der Waals surface area (Å²) in [4.78, 5) is 16.9. The number of amides is 1. The predicted molar refractivity (Wildman–Crippen MR) is 40.2 cm³/mol. The van der Waals surface area contributed by atoms with Crippen LogP contribution in [-0.2, 0) is 11.4 Å². The van der Waals surface area contributed by atoms with Gasteiger partial charge in [-0.1, -0.05) is 0 Å². The van der Waals surface area contributed by atoms with E-state index in [1.54, 1.807) is 0 Å². The normalized spacial score (nSPS) is 9.83. The summed E-state index contributed by atoms with van der Waals surface area (Å²) in [5, 5.41) is 7.69. The summed E-state index contributed by atoms with van der Waals surface area (Å²) in [6.07, 6.45) is 1.39. The van der Waals surface area contributed by atoms with E-state index in [9.17, 15) is 4.79 Å². The molecule has 66 valence electrons. The summed E-state index contributed by atoms with van der Waals surface area (Å²) in [6.45, 7) is 2.53. The van der Waals surface area contributed by atoms with Gasteiger partial charge in [0.05, 0.1) is 19.9 Å². The van der Waals surface area contributed by atoms with Crippen LogP contribution in [-0.4, -0.2) is 28.0 Å². The van der Waals surface area contributed by atoms with Crippen molar-refractivity contribution in [1.29, 1.82) is 0 Å². The van der Waals surface area contributed by atoms with Gasteiger partial charge in [-0.3, -0.25) is 9.63 Å². The van der Waals surface area contributed by atoms with Crippen molar-refractivity contribution in [2.45, 2.75) is 13.5 Å². The zero-order chi connectivity index (χ0) is 8.97. The van der Waals surface area contributed by atoms with Crippen molar-refractivity contribution in [1.82, 2.24) is 20.5 Å². The molecule has 0 aliphatic heterocycles. The molecular weight excluding hydrogens is 160 g/mol. The second-order valence-electron chi connectivity index (χ2n) is 2.05. The minimum atomic E-state index is -0.391. The first-order valence-corrected chi connectivity index (χ1v) is 3.51. The molecule has 0 bridgehead atoms. The Labute approximate surface area is 69.5 Å². The first-order chi connectivity index (χ1) is 5.77. The van der Waals surface area contributed by atoms with Gasteiger partial charge in [0.15, 0.2) is 5.69 Å². The number of nitrogens with zero attached hydrogens (tertiary/aromatic N) is 3. The number of aromatic nitrogens is 3. The molecule has 1 aromatic rings. The fraction of sp³-hybridized carbons (Fsp3) is 0.500. The summed E-state index contributed by atoms with van der Waals surface area (Å²) < 4.78 is 0. The van der Waals surface area contributed by atoms with E-state index in [-0.39, 0.29) is 5.69 Å². The molecule has 0 aliphatic rings. The number of rotatable bonds is 3. The molecule has 0 atom stereocenters. The molecule has 12 heavy (non-hydrogen) atoms. The Morgan fingerprint density at radius 2 is 2.58 bits per heavy atom. The zero-order valence-electron chi connectivity index (χ0n) is 6.94. The van der Waals surface area contributed by atoms with E-state index in [1.165, 1.54) is 18.1 Å². The van der Waals surface area contributed by atoms with Gasteiger partial charge in [-0.15, -0.1) is 5.10 Å². The van der Waals surface area contributed by atoms with Gasteiger partial charge in [-0.05, 0) is 6.92 Å². The lowest BCUT2D eigenvalue weighted by Gasteiger charge is -1.95. The summed E-state index contributed by atoms with van der Waals surface area (Å²) >= 11 is 0.